The van der Waals surface area contributed by atoms with E-state index in [1.54, 1.807) is 0 Å². The Bertz CT molecular complexity index is 947. The van der Waals surface area contributed by atoms with Crippen molar-refractivity contribution in [1.29, 1.82) is 0 Å². The summed E-state index contributed by atoms with van der Waals surface area (Å²) in [5.74, 6) is 0.773. The fourth-order valence-electron chi connectivity index (χ4n) is 8.52. The molecule has 0 aromatic rings. The van der Waals surface area contributed by atoms with Gasteiger partial charge in [-0.15, -0.1) is 0 Å². The third kappa shape index (κ3) is 49.4. The minimum Gasteiger partial charge on any atom is -0.462 e. The molecule has 0 rings (SSSR count). The maximum absolute atomic E-state index is 12.8. The highest BCUT2D eigenvalue weighted by Crippen LogP contribution is 2.18. The van der Waals surface area contributed by atoms with E-state index in [1.165, 1.54) is 199 Å². The maximum Gasteiger partial charge on any atom is 0.306 e. The molecular weight excluding hydrogens is 769 g/mol. The smallest absolute Gasteiger partial charge is 0.306 e. The molecule has 0 heterocycles. The third-order valence-electron chi connectivity index (χ3n) is 12.7. The van der Waals surface area contributed by atoms with Gasteiger partial charge in [-0.1, -0.05) is 272 Å². The van der Waals surface area contributed by atoms with E-state index < -0.39 is 6.10 Å². The first-order valence-electron chi connectivity index (χ1n) is 27.7. The fourth-order valence-corrected chi connectivity index (χ4v) is 8.52. The summed E-state index contributed by atoms with van der Waals surface area (Å²) in [6.45, 7) is 11.4. The number of hydrogen-bond donors (Lipinski definition) is 0. The van der Waals surface area contributed by atoms with Gasteiger partial charge < -0.3 is 14.2 Å². The summed E-state index contributed by atoms with van der Waals surface area (Å²) in [4.78, 5) is 38.0. The number of rotatable bonds is 50. The van der Waals surface area contributed by atoms with Crippen molar-refractivity contribution in [3.8, 4) is 0 Å². The highest BCUT2D eigenvalue weighted by atomic mass is 16.6. The molecule has 0 bridgehead atoms. The summed E-state index contributed by atoms with van der Waals surface area (Å²) in [5.41, 5.74) is 0. The number of ether oxygens (including phenoxy) is 3. The van der Waals surface area contributed by atoms with Gasteiger partial charge in [-0.05, 0) is 31.1 Å². The second kappa shape index (κ2) is 48.9. The Kier molecular flexibility index (Phi) is 47.6. The molecule has 0 aromatic carbocycles. The van der Waals surface area contributed by atoms with E-state index in [9.17, 15) is 14.4 Å². The quantitative estimate of drug-likeness (QED) is 0.0344. The molecule has 0 fully saturated rings. The van der Waals surface area contributed by atoms with Crippen LogP contribution in [0.4, 0.5) is 0 Å². The van der Waals surface area contributed by atoms with Crippen LogP contribution in [-0.4, -0.2) is 37.2 Å². The van der Waals surface area contributed by atoms with Crippen molar-refractivity contribution in [2.45, 2.75) is 317 Å². The highest BCUT2D eigenvalue weighted by molar-refractivity contribution is 5.71. The van der Waals surface area contributed by atoms with E-state index in [-0.39, 0.29) is 31.1 Å². The number of carbonyl (C=O) groups is 3. The Morgan fingerprint density at radius 2 is 0.532 bits per heavy atom. The normalized spacial score (nSPS) is 12.0. The molecule has 0 saturated carbocycles. The summed E-state index contributed by atoms with van der Waals surface area (Å²) in [7, 11) is 0. The molecule has 6 heteroatoms. The molecule has 368 valence electrons. The molecule has 0 aliphatic heterocycles. The zero-order valence-corrected chi connectivity index (χ0v) is 42.5. The van der Waals surface area contributed by atoms with Crippen molar-refractivity contribution in [2.24, 2.45) is 11.8 Å². The molecule has 0 spiro atoms. The molecule has 0 unspecified atom stereocenters. The Morgan fingerprint density at radius 1 is 0.306 bits per heavy atom. The van der Waals surface area contributed by atoms with Crippen molar-refractivity contribution >= 4 is 17.9 Å². The van der Waals surface area contributed by atoms with Crippen molar-refractivity contribution in [3.63, 3.8) is 0 Å². The van der Waals surface area contributed by atoms with Crippen molar-refractivity contribution in [3.05, 3.63) is 0 Å². The van der Waals surface area contributed by atoms with Gasteiger partial charge in [0, 0.05) is 19.3 Å². The van der Waals surface area contributed by atoms with E-state index in [1.807, 2.05) is 0 Å². The van der Waals surface area contributed by atoms with Crippen LogP contribution in [0.3, 0.4) is 0 Å². The van der Waals surface area contributed by atoms with Crippen LogP contribution in [0.1, 0.15) is 311 Å². The van der Waals surface area contributed by atoms with Crippen LogP contribution >= 0.6 is 0 Å². The molecule has 6 nitrogen and oxygen atoms in total. The lowest BCUT2D eigenvalue weighted by atomic mass is 10.0. The lowest BCUT2D eigenvalue weighted by Crippen LogP contribution is -2.30. The molecule has 1 atom stereocenters. The van der Waals surface area contributed by atoms with E-state index in [2.05, 4.69) is 34.6 Å². The van der Waals surface area contributed by atoms with E-state index in [4.69, 9.17) is 14.2 Å². The molecule has 0 radical (unpaired) electrons. The van der Waals surface area contributed by atoms with Gasteiger partial charge in [0.1, 0.15) is 13.2 Å². The lowest BCUT2D eigenvalue weighted by molar-refractivity contribution is -0.167. The number of carbonyl (C=O) groups excluding carboxylic acids is 3. The number of hydrogen-bond acceptors (Lipinski definition) is 6. The molecule has 0 amide bonds. The second-order valence-electron chi connectivity index (χ2n) is 20.2. The molecule has 0 aliphatic carbocycles. The minimum absolute atomic E-state index is 0.0636. The summed E-state index contributed by atoms with van der Waals surface area (Å²) in [5, 5.41) is 0. The van der Waals surface area contributed by atoms with Crippen molar-refractivity contribution < 1.29 is 28.6 Å². The zero-order chi connectivity index (χ0) is 45.4. The maximum atomic E-state index is 12.8. The van der Waals surface area contributed by atoms with E-state index in [0.29, 0.717) is 19.3 Å². The van der Waals surface area contributed by atoms with Crippen LogP contribution in [0.15, 0.2) is 0 Å². The first-order chi connectivity index (χ1) is 30.2. The average Bonchev–Trinajstić information content (AvgIpc) is 3.24. The molecule has 0 N–H and O–H groups in total. The Balaban J connectivity index is 4.25. The van der Waals surface area contributed by atoms with Crippen molar-refractivity contribution in [2.75, 3.05) is 13.2 Å². The molecule has 0 saturated heterocycles. The van der Waals surface area contributed by atoms with Gasteiger partial charge in [-0.2, -0.15) is 0 Å². The van der Waals surface area contributed by atoms with Gasteiger partial charge in [-0.3, -0.25) is 14.4 Å². The van der Waals surface area contributed by atoms with E-state index >= 15 is 0 Å². The molecule has 0 aliphatic rings. The van der Waals surface area contributed by atoms with Crippen LogP contribution < -0.4 is 0 Å². The number of unbranched alkanes of at least 4 members (excludes halogenated alkanes) is 35. The predicted molar refractivity (Wildman–Crippen MR) is 266 cm³/mol. The molecular formula is C56H108O6. The van der Waals surface area contributed by atoms with Gasteiger partial charge in [0.25, 0.3) is 0 Å². The van der Waals surface area contributed by atoms with Crippen LogP contribution in [0.2, 0.25) is 0 Å². The van der Waals surface area contributed by atoms with Gasteiger partial charge in [0.2, 0.25) is 0 Å². The topological polar surface area (TPSA) is 78.9 Å². The monoisotopic (exact) mass is 877 g/mol. The predicted octanol–water partition coefficient (Wildman–Crippen LogP) is 18.1. The fraction of sp³-hybridized carbons (Fsp3) is 0.946. The zero-order valence-electron chi connectivity index (χ0n) is 42.5. The standard InChI is InChI=1S/C56H108O6/c1-6-7-8-9-10-11-12-13-14-15-16-17-20-23-26-31-36-41-46-54(57)60-49-53(50-61-55(58)47-42-37-33-28-30-35-40-45-52(4)5)62-56(59)48-43-38-32-27-24-21-18-19-22-25-29-34-39-44-51(2)3/h51-53H,6-50H2,1-5H3/t53-/m0/s1. The first kappa shape index (κ1) is 60.4. The largest absolute Gasteiger partial charge is 0.462 e. The van der Waals surface area contributed by atoms with Gasteiger partial charge in [-0.25, -0.2) is 0 Å². The summed E-state index contributed by atoms with van der Waals surface area (Å²) in [6.07, 6.45) is 51.0. The van der Waals surface area contributed by atoms with Crippen LogP contribution in [-0.2, 0) is 28.6 Å². The van der Waals surface area contributed by atoms with Crippen LogP contribution in [0, 0.1) is 11.8 Å². The summed E-state index contributed by atoms with van der Waals surface area (Å²) >= 11 is 0. The summed E-state index contributed by atoms with van der Waals surface area (Å²) in [6, 6.07) is 0. The van der Waals surface area contributed by atoms with Gasteiger partial charge in [0.05, 0.1) is 0 Å². The number of esters is 3. The molecule has 0 aromatic heterocycles. The lowest BCUT2D eigenvalue weighted by Gasteiger charge is -2.18. The highest BCUT2D eigenvalue weighted by Gasteiger charge is 2.19. The Hall–Kier alpha value is -1.59. The van der Waals surface area contributed by atoms with E-state index in [0.717, 1.165) is 69.6 Å². The van der Waals surface area contributed by atoms with Crippen LogP contribution in [0.5, 0.6) is 0 Å². The average molecular weight is 877 g/mol. The molecule has 62 heavy (non-hydrogen) atoms. The Morgan fingerprint density at radius 3 is 0.790 bits per heavy atom. The van der Waals surface area contributed by atoms with Crippen LogP contribution in [0.25, 0.3) is 0 Å². The SMILES string of the molecule is CCCCCCCCCCCCCCCCCCCCC(=O)OC[C@@H](COC(=O)CCCCCCCCCC(C)C)OC(=O)CCCCCCCCCCCCCCCC(C)C. The second-order valence-corrected chi connectivity index (χ2v) is 20.2. The van der Waals surface area contributed by atoms with Crippen molar-refractivity contribution in [1.82, 2.24) is 0 Å². The minimum atomic E-state index is -0.762. The Labute approximate surface area is 387 Å². The summed E-state index contributed by atoms with van der Waals surface area (Å²) < 4.78 is 16.8. The van der Waals surface area contributed by atoms with Gasteiger partial charge in [0.15, 0.2) is 6.10 Å². The first-order valence-corrected chi connectivity index (χ1v) is 27.7. The van der Waals surface area contributed by atoms with Gasteiger partial charge >= 0.3 is 17.9 Å². The third-order valence-corrected chi connectivity index (χ3v) is 12.7.